The zero-order valence-corrected chi connectivity index (χ0v) is 12.6. The number of ether oxygens (including phenoxy) is 1. The van der Waals surface area contributed by atoms with Gasteiger partial charge in [-0.05, 0) is 30.3 Å². The van der Waals surface area contributed by atoms with Crippen LogP contribution in [0.2, 0.25) is 10.0 Å². The van der Waals surface area contributed by atoms with E-state index in [4.69, 9.17) is 33.7 Å². The lowest BCUT2D eigenvalue weighted by molar-refractivity contribution is 0.301. The molecule has 0 spiro atoms. The number of nitrogens with two attached hydrogens (primary N) is 1. The van der Waals surface area contributed by atoms with Crippen molar-refractivity contribution in [1.29, 1.82) is 0 Å². The van der Waals surface area contributed by atoms with Crippen LogP contribution in [0.3, 0.4) is 0 Å². The average molecular weight is 322 g/mol. The van der Waals surface area contributed by atoms with Gasteiger partial charge in [0, 0.05) is 5.02 Å². The van der Waals surface area contributed by atoms with Crippen LogP contribution in [-0.4, -0.2) is 16.2 Å². The number of rotatable bonds is 4. The Labute approximate surface area is 132 Å². The Morgan fingerprint density at radius 3 is 2.76 bits per heavy atom. The number of anilines is 1. The van der Waals surface area contributed by atoms with E-state index in [0.717, 1.165) is 11.0 Å². The van der Waals surface area contributed by atoms with Gasteiger partial charge < -0.3 is 15.0 Å². The number of hydrogen-bond donors (Lipinski definition) is 1. The number of fused-ring (bicyclic) bond motifs is 1. The second kappa shape index (κ2) is 5.84. The predicted molar refractivity (Wildman–Crippen MR) is 86.1 cm³/mol. The molecule has 0 bridgehead atoms. The molecule has 21 heavy (non-hydrogen) atoms. The molecule has 1 aromatic heterocycles. The molecular formula is C15H13Cl2N3O. The molecule has 6 heteroatoms. The van der Waals surface area contributed by atoms with Crippen molar-refractivity contribution in [2.24, 2.45) is 0 Å². The summed E-state index contributed by atoms with van der Waals surface area (Å²) in [4.78, 5) is 4.31. The molecule has 0 unspecified atom stereocenters. The molecule has 0 aliphatic heterocycles. The summed E-state index contributed by atoms with van der Waals surface area (Å²) < 4.78 is 7.59. The Hall–Kier alpha value is -1.91. The SMILES string of the molecule is Nc1nc2ccccc2n1CCOc1ccc(Cl)cc1Cl. The summed E-state index contributed by atoms with van der Waals surface area (Å²) in [6.07, 6.45) is 0. The molecule has 0 saturated heterocycles. The molecule has 0 aliphatic carbocycles. The van der Waals surface area contributed by atoms with Crippen LogP contribution in [0, 0.1) is 0 Å². The zero-order valence-electron chi connectivity index (χ0n) is 11.1. The fraction of sp³-hybridized carbons (Fsp3) is 0.133. The van der Waals surface area contributed by atoms with Crippen molar-refractivity contribution in [3.05, 3.63) is 52.5 Å². The number of nitrogens with zero attached hydrogens (tertiary/aromatic N) is 2. The summed E-state index contributed by atoms with van der Waals surface area (Å²) in [6, 6.07) is 12.9. The van der Waals surface area contributed by atoms with E-state index in [2.05, 4.69) is 4.98 Å². The van der Waals surface area contributed by atoms with Crippen LogP contribution in [0.25, 0.3) is 11.0 Å². The molecule has 3 aromatic rings. The monoisotopic (exact) mass is 321 g/mol. The molecule has 0 amide bonds. The zero-order chi connectivity index (χ0) is 14.8. The first-order valence-corrected chi connectivity index (χ1v) is 7.19. The first kappa shape index (κ1) is 14.0. The predicted octanol–water partition coefficient (Wildman–Crippen LogP) is 4.00. The lowest BCUT2D eigenvalue weighted by atomic mass is 10.3. The van der Waals surface area contributed by atoms with Crippen molar-refractivity contribution in [3.8, 4) is 5.75 Å². The van der Waals surface area contributed by atoms with Crippen molar-refractivity contribution >= 4 is 40.2 Å². The van der Waals surface area contributed by atoms with Gasteiger partial charge in [-0.2, -0.15) is 0 Å². The molecule has 2 N–H and O–H groups in total. The summed E-state index contributed by atoms with van der Waals surface area (Å²) in [5.74, 6) is 1.08. The van der Waals surface area contributed by atoms with Crippen LogP contribution in [0.4, 0.5) is 5.95 Å². The van der Waals surface area contributed by atoms with Gasteiger partial charge in [-0.1, -0.05) is 35.3 Å². The standard InChI is InChI=1S/C15H13Cl2N3O/c16-10-5-6-14(11(17)9-10)21-8-7-20-13-4-2-1-3-12(13)19-15(20)18/h1-6,9H,7-8H2,(H2,18,19). The van der Waals surface area contributed by atoms with Crippen LogP contribution >= 0.6 is 23.2 Å². The largest absolute Gasteiger partial charge is 0.490 e. The minimum atomic E-state index is 0.436. The lowest BCUT2D eigenvalue weighted by Crippen LogP contribution is -2.10. The highest BCUT2D eigenvalue weighted by molar-refractivity contribution is 6.35. The highest BCUT2D eigenvalue weighted by atomic mass is 35.5. The highest BCUT2D eigenvalue weighted by Crippen LogP contribution is 2.27. The van der Waals surface area contributed by atoms with E-state index in [9.17, 15) is 0 Å². The van der Waals surface area contributed by atoms with Crippen molar-refractivity contribution in [2.45, 2.75) is 6.54 Å². The number of benzene rings is 2. The Morgan fingerprint density at radius 1 is 1.14 bits per heavy atom. The number of hydrogen-bond acceptors (Lipinski definition) is 3. The molecule has 0 atom stereocenters. The molecule has 1 heterocycles. The van der Waals surface area contributed by atoms with Crippen molar-refractivity contribution in [3.63, 3.8) is 0 Å². The number of nitrogen functional groups attached to an aromatic ring is 1. The minimum Gasteiger partial charge on any atom is -0.490 e. The summed E-state index contributed by atoms with van der Waals surface area (Å²) in [5.41, 5.74) is 7.80. The maximum atomic E-state index is 6.06. The maximum Gasteiger partial charge on any atom is 0.201 e. The smallest absolute Gasteiger partial charge is 0.201 e. The molecule has 0 radical (unpaired) electrons. The van der Waals surface area contributed by atoms with Crippen LogP contribution in [0.5, 0.6) is 5.75 Å². The molecule has 108 valence electrons. The van der Waals surface area contributed by atoms with Crippen molar-refractivity contribution in [1.82, 2.24) is 9.55 Å². The van der Waals surface area contributed by atoms with Gasteiger partial charge in [-0.15, -0.1) is 0 Å². The van der Waals surface area contributed by atoms with E-state index in [-0.39, 0.29) is 0 Å². The fourth-order valence-electron chi connectivity index (χ4n) is 2.17. The van der Waals surface area contributed by atoms with Gasteiger partial charge in [0.05, 0.1) is 22.6 Å². The Bertz CT molecular complexity index is 786. The van der Waals surface area contributed by atoms with Crippen molar-refractivity contribution in [2.75, 3.05) is 12.3 Å². The van der Waals surface area contributed by atoms with Crippen LogP contribution < -0.4 is 10.5 Å². The average Bonchev–Trinajstić information content (AvgIpc) is 2.77. The third kappa shape index (κ3) is 2.91. The minimum absolute atomic E-state index is 0.436. The number of para-hydroxylation sites is 2. The summed E-state index contributed by atoms with van der Waals surface area (Å²) in [6.45, 7) is 1.03. The van der Waals surface area contributed by atoms with Gasteiger partial charge in [0.1, 0.15) is 12.4 Å². The van der Waals surface area contributed by atoms with E-state index >= 15 is 0 Å². The second-order valence-electron chi connectivity index (χ2n) is 4.53. The van der Waals surface area contributed by atoms with Gasteiger partial charge in [0.2, 0.25) is 5.95 Å². The third-order valence-electron chi connectivity index (χ3n) is 3.15. The van der Waals surface area contributed by atoms with Crippen LogP contribution in [0.15, 0.2) is 42.5 Å². The Kier molecular flexibility index (Phi) is 3.90. The van der Waals surface area contributed by atoms with Gasteiger partial charge in [-0.3, -0.25) is 0 Å². The maximum absolute atomic E-state index is 6.06. The van der Waals surface area contributed by atoms with Crippen molar-refractivity contribution < 1.29 is 4.74 Å². The summed E-state index contributed by atoms with van der Waals surface area (Å²) in [7, 11) is 0. The lowest BCUT2D eigenvalue weighted by Gasteiger charge is -2.10. The molecular weight excluding hydrogens is 309 g/mol. The van der Waals surface area contributed by atoms with Crippen LogP contribution in [0.1, 0.15) is 0 Å². The van der Waals surface area contributed by atoms with Crippen LogP contribution in [-0.2, 0) is 6.54 Å². The molecule has 0 aliphatic rings. The molecule has 4 nitrogen and oxygen atoms in total. The van der Waals surface area contributed by atoms with Gasteiger partial charge in [0.15, 0.2) is 0 Å². The number of imidazole rings is 1. The molecule has 0 fully saturated rings. The Balaban J connectivity index is 1.73. The second-order valence-corrected chi connectivity index (χ2v) is 5.38. The van der Waals surface area contributed by atoms with E-state index < -0.39 is 0 Å². The Morgan fingerprint density at radius 2 is 1.95 bits per heavy atom. The normalized spacial score (nSPS) is 11.0. The summed E-state index contributed by atoms with van der Waals surface area (Å²) >= 11 is 11.9. The van der Waals surface area contributed by atoms with Gasteiger partial charge in [-0.25, -0.2) is 4.98 Å². The first-order valence-electron chi connectivity index (χ1n) is 6.44. The number of aromatic nitrogens is 2. The van der Waals surface area contributed by atoms with E-state index in [0.29, 0.717) is 34.9 Å². The van der Waals surface area contributed by atoms with Gasteiger partial charge >= 0.3 is 0 Å². The molecule has 3 rings (SSSR count). The molecule has 0 saturated carbocycles. The summed E-state index contributed by atoms with van der Waals surface area (Å²) in [5, 5.41) is 1.07. The first-order chi connectivity index (χ1) is 10.1. The topological polar surface area (TPSA) is 53.1 Å². The van der Waals surface area contributed by atoms with Gasteiger partial charge in [0.25, 0.3) is 0 Å². The third-order valence-corrected chi connectivity index (χ3v) is 3.68. The highest BCUT2D eigenvalue weighted by Gasteiger charge is 2.08. The molecule has 2 aromatic carbocycles. The van der Waals surface area contributed by atoms with E-state index in [1.165, 1.54) is 0 Å². The van der Waals surface area contributed by atoms with E-state index in [1.807, 2.05) is 28.8 Å². The van der Waals surface area contributed by atoms with E-state index in [1.54, 1.807) is 18.2 Å². The quantitative estimate of drug-likeness (QED) is 0.790. The number of halogens is 2. The fourth-order valence-corrected chi connectivity index (χ4v) is 2.63.